The average molecular weight is 638 g/mol. The van der Waals surface area contributed by atoms with E-state index in [1.165, 1.54) is 199 Å². The maximum absolute atomic E-state index is 2.35. The van der Waals surface area contributed by atoms with Gasteiger partial charge in [-0.1, -0.05) is 201 Å². The van der Waals surface area contributed by atoms with Gasteiger partial charge in [0.2, 0.25) is 0 Å². The summed E-state index contributed by atoms with van der Waals surface area (Å²) in [6.07, 6.45) is 58.7. The lowest BCUT2D eigenvalue weighted by molar-refractivity contribution is 0.538. The van der Waals surface area contributed by atoms with Crippen LogP contribution in [0.2, 0.25) is 0 Å². The largest absolute Gasteiger partial charge is 0.0654 e. The predicted molar refractivity (Wildman–Crippen MR) is 211 cm³/mol. The predicted octanol–water partition coefficient (Wildman–Crippen LogP) is 16.7. The standard InChI is InChI=1S/C43H90P/c1-5-9-13-17-21-22-23-24-25-26-27-31-35-39-43-44(40-36-32-28-18-14-10-6-2,41-37-33-29-19-15-11-7-3)42-38-34-30-20-16-12-8-4/h5-43H2,1-4H3/q+1. The molecule has 0 aromatic heterocycles. The smallest absolute Gasteiger partial charge is 0.0594 e. The normalized spacial score (nSPS) is 12.0. The molecule has 0 saturated carbocycles. The van der Waals surface area contributed by atoms with Gasteiger partial charge in [0.05, 0.1) is 24.6 Å². The molecule has 0 bridgehead atoms. The van der Waals surface area contributed by atoms with Crippen molar-refractivity contribution in [2.24, 2.45) is 0 Å². The van der Waals surface area contributed by atoms with Crippen molar-refractivity contribution in [3.63, 3.8) is 0 Å². The van der Waals surface area contributed by atoms with E-state index in [0.717, 1.165) is 0 Å². The zero-order valence-corrected chi connectivity index (χ0v) is 32.9. The SMILES string of the molecule is CCCCCCCCCCCCCCCC[P+](CCCCCCCCC)(CCCCCCCCC)CCCCCCCCC. The molecule has 0 aliphatic carbocycles. The third-order valence-electron chi connectivity index (χ3n) is 10.7. The van der Waals surface area contributed by atoms with E-state index in [9.17, 15) is 0 Å². The lowest BCUT2D eigenvalue weighted by Gasteiger charge is -2.28. The highest BCUT2D eigenvalue weighted by atomic mass is 31.2. The number of hydrogen-bond donors (Lipinski definition) is 0. The van der Waals surface area contributed by atoms with Crippen LogP contribution in [-0.2, 0) is 0 Å². The van der Waals surface area contributed by atoms with Gasteiger partial charge in [-0.2, -0.15) is 0 Å². The minimum absolute atomic E-state index is 0.765. The maximum Gasteiger partial charge on any atom is 0.0594 e. The number of unbranched alkanes of at least 4 members (excludes halogenated alkanes) is 31. The summed E-state index contributed by atoms with van der Waals surface area (Å²) in [7, 11) is -0.765. The number of hydrogen-bond acceptors (Lipinski definition) is 0. The Kier molecular flexibility index (Phi) is 38.3. The zero-order chi connectivity index (χ0) is 32.1. The summed E-state index contributed by atoms with van der Waals surface area (Å²) in [4.78, 5) is 0. The minimum Gasteiger partial charge on any atom is -0.0654 e. The molecule has 0 nitrogen and oxygen atoms in total. The van der Waals surface area contributed by atoms with E-state index in [0.29, 0.717) is 0 Å². The van der Waals surface area contributed by atoms with Crippen molar-refractivity contribution in [2.75, 3.05) is 24.6 Å². The van der Waals surface area contributed by atoms with E-state index in [4.69, 9.17) is 0 Å². The van der Waals surface area contributed by atoms with Crippen LogP contribution in [0.5, 0.6) is 0 Å². The van der Waals surface area contributed by atoms with Gasteiger partial charge in [0.25, 0.3) is 0 Å². The highest BCUT2D eigenvalue weighted by Crippen LogP contribution is 2.61. The van der Waals surface area contributed by atoms with E-state index in [1.807, 2.05) is 0 Å². The first-order valence-electron chi connectivity index (χ1n) is 21.6. The molecule has 0 aromatic carbocycles. The summed E-state index contributed by atoms with van der Waals surface area (Å²) in [5.74, 6) is 0. The fourth-order valence-corrected chi connectivity index (χ4v) is 12.4. The van der Waals surface area contributed by atoms with Crippen molar-refractivity contribution in [1.29, 1.82) is 0 Å². The van der Waals surface area contributed by atoms with Crippen LogP contribution in [0.15, 0.2) is 0 Å². The Balaban J connectivity index is 4.64. The fraction of sp³-hybridized carbons (Fsp3) is 1.00. The van der Waals surface area contributed by atoms with Crippen LogP contribution in [0.25, 0.3) is 0 Å². The second-order valence-electron chi connectivity index (χ2n) is 15.2. The molecular formula is C43H90P+. The van der Waals surface area contributed by atoms with Gasteiger partial charge in [-0.25, -0.2) is 0 Å². The second-order valence-corrected chi connectivity index (χ2v) is 19.7. The molecule has 1 heteroatoms. The van der Waals surface area contributed by atoms with Gasteiger partial charge < -0.3 is 0 Å². The molecule has 0 radical (unpaired) electrons. The van der Waals surface area contributed by atoms with Crippen molar-refractivity contribution in [3.8, 4) is 0 Å². The minimum atomic E-state index is -0.765. The van der Waals surface area contributed by atoms with Gasteiger partial charge in [0, 0.05) is 7.26 Å². The molecule has 0 atom stereocenters. The van der Waals surface area contributed by atoms with Gasteiger partial charge >= 0.3 is 0 Å². The van der Waals surface area contributed by atoms with E-state index < -0.39 is 7.26 Å². The van der Waals surface area contributed by atoms with Crippen LogP contribution in [0, 0.1) is 0 Å². The Morgan fingerprint density at radius 1 is 0.182 bits per heavy atom. The van der Waals surface area contributed by atoms with E-state index >= 15 is 0 Å². The van der Waals surface area contributed by atoms with Gasteiger partial charge in [-0.3, -0.25) is 0 Å². The molecule has 0 heterocycles. The van der Waals surface area contributed by atoms with Crippen molar-refractivity contribution in [2.45, 2.75) is 252 Å². The summed E-state index contributed by atoms with van der Waals surface area (Å²) in [5, 5.41) is 0. The van der Waals surface area contributed by atoms with E-state index in [1.54, 1.807) is 50.3 Å². The Morgan fingerprint density at radius 2 is 0.318 bits per heavy atom. The van der Waals surface area contributed by atoms with Crippen LogP contribution in [0.4, 0.5) is 0 Å². The first kappa shape index (κ1) is 44.4. The molecule has 44 heavy (non-hydrogen) atoms. The van der Waals surface area contributed by atoms with Crippen molar-refractivity contribution < 1.29 is 0 Å². The summed E-state index contributed by atoms with van der Waals surface area (Å²) >= 11 is 0. The van der Waals surface area contributed by atoms with Crippen molar-refractivity contribution >= 4 is 7.26 Å². The third kappa shape index (κ3) is 32.4. The second kappa shape index (κ2) is 37.9. The first-order chi connectivity index (χ1) is 21.7. The van der Waals surface area contributed by atoms with Gasteiger partial charge in [-0.15, -0.1) is 0 Å². The van der Waals surface area contributed by atoms with Crippen LogP contribution < -0.4 is 0 Å². The maximum atomic E-state index is 2.35. The quantitative estimate of drug-likeness (QED) is 0.0465. The molecule has 0 spiro atoms. The molecule has 0 amide bonds. The van der Waals surface area contributed by atoms with Crippen LogP contribution >= 0.6 is 7.26 Å². The lowest BCUT2D eigenvalue weighted by Crippen LogP contribution is -2.13. The highest BCUT2D eigenvalue weighted by molar-refractivity contribution is 7.75. The summed E-state index contributed by atoms with van der Waals surface area (Å²) < 4.78 is 0. The average Bonchev–Trinajstić information content (AvgIpc) is 3.03. The molecule has 266 valence electrons. The molecule has 0 saturated heterocycles. The molecule has 0 aromatic rings. The summed E-state index contributed by atoms with van der Waals surface area (Å²) in [5.41, 5.74) is 0. The zero-order valence-electron chi connectivity index (χ0n) is 32.0. The molecule has 0 N–H and O–H groups in total. The molecule has 0 aliphatic heterocycles. The molecule has 0 fully saturated rings. The van der Waals surface area contributed by atoms with Crippen molar-refractivity contribution in [3.05, 3.63) is 0 Å². The Morgan fingerprint density at radius 3 is 0.477 bits per heavy atom. The van der Waals surface area contributed by atoms with E-state index in [-0.39, 0.29) is 0 Å². The van der Waals surface area contributed by atoms with Crippen molar-refractivity contribution in [1.82, 2.24) is 0 Å². The molecular weight excluding hydrogens is 547 g/mol. The van der Waals surface area contributed by atoms with Crippen LogP contribution in [0.3, 0.4) is 0 Å². The monoisotopic (exact) mass is 638 g/mol. The molecule has 0 rings (SSSR count). The molecule has 0 unspecified atom stereocenters. The topological polar surface area (TPSA) is 0 Å². The summed E-state index contributed by atoms with van der Waals surface area (Å²) in [6.45, 7) is 9.38. The number of rotatable bonds is 39. The molecule has 0 aliphatic rings. The Hall–Kier alpha value is 0.430. The van der Waals surface area contributed by atoms with Crippen LogP contribution in [0.1, 0.15) is 252 Å². The highest BCUT2D eigenvalue weighted by Gasteiger charge is 2.35. The fourth-order valence-electron chi connectivity index (χ4n) is 7.53. The Bertz CT molecular complexity index is 454. The van der Waals surface area contributed by atoms with Gasteiger partial charge in [0.15, 0.2) is 0 Å². The lowest BCUT2D eigenvalue weighted by atomic mass is 10.0. The summed E-state index contributed by atoms with van der Waals surface area (Å²) in [6, 6.07) is 0. The van der Waals surface area contributed by atoms with Gasteiger partial charge in [0.1, 0.15) is 0 Å². The third-order valence-corrected chi connectivity index (χ3v) is 15.8. The first-order valence-corrected chi connectivity index (χ1v) is 24.1. The van der Waals surface area contributed by atoms with Crippen LogP contribution in [-0.4, -0.2) is 24.6 Å². The van der Waals surface area contributed by atoms with E-state index in [2.05, 4.69) is 27.7 Å². The Labute approximate surface area is 283 Å². The van der Waals surface area contributed by atoms with Gasteiger partial charge in [-0.05, 0) is 51.4 Å².